The van der Waals surface area contributed by atoms with Crippen molar-refractivity contribution >= 4 is 9.84 Å². The average molecular weight is 335 g/mol. The van der Waals surface area contributed by atoms with E-state index in [0.717, 1.165) is 18.4 Å². The van der Waals surface area contributed by atoms with E-state index in [9.17, 15) is 8.42 Å². The van der Waals surface area contributed by atoms with Gasteiger partial charge >= 0.3 is 0 Å². The van der Waals surface area contributed by atoms with E-state index in [1.165, 1.54) is 0 Å². The Morgan fingerprint density at radius 1 is 1.09 bits per heavy atom. The van der Waals surface area contributed by atoms with Crippen molar-refractivity contribution in [3.8, 4) is 22.8 Å². The Kier molecular flexibility index (Phi) is 3.52. The minimum absolute atomic E-state index is 0.0719. The van der Waals surface area contributed by atoms with Crippen LogP contribution < -0.4 is 9.47 Å². The average Bonchev–Trinajstić information content (AvgIpc) is 3.21. The molecule has 6 nitrogen and oxygen atoms in total. The number of benzene rings is 1. The summed E-state index contributed by atoms with van der Waals surface area (Å²) >= 11 is 0. The fraction of sp³-hybridized carbons (Fsp3) is 0.438. The van der Waals surface area contributed by atoms with E-state index in [-0.39, 0.29) is 11.5 Å². The van der Waals surface area contributed by atoms with Crippen molar-refractivity contribution in [2.75, 3.05) is 19.0 Å². The molecule has 1 fully saturated rings. The van der Waals surface area contributed by atoms with Gasteiger partial charge in [0.2, 0.25) is 0 Å². The van der Waals surface area contributed by atoms with Crippen LogP contribution >= 0.6 is 0 Å². The maximum absolute atomic E-state index is 12.1. The predicted octanol–water partition coefficient (Wildman–Crippen LogP) is 2.44. The lowest BCUT2D eigenvalue weighted by Crippen LogP contribution is -2.15. The summed E-state index contributed by atoms with van der Waals surface area (Å²) in [5.74, 6) is 2.40. The molecule has 2 aromatic rings. The van der Waals surface area contributed by atoms with Crippen LogP contribution in [0.25, 0.3) is 11.3 Å². The summed E-state index contributed by atoms with van der Waals surface area (Å²) in [5, 5.41) is 3.89. The van der Waals surface area contributed by atoms with Gasteiger partial charge in [-0.3, -0.25) is 0 Å². The van der Waals surface area contributed by atoms with Crippen molar-refractivity contribution < 1.29 is 22.4 Å². The predicted molar refractivity (Wildman–Crippen MR) is 83.1 cm³/mol. The third kappa shape index (κ3) is 3.34. The molecule has 0 amide bonds. The van der Waals surface area contributed by atoms with Crippen LogP contribution in [0.15, 0.2) is 28.8 Å². The summed E-state index contributed by atoms with van der Waals surface area (Å²) in [6.45, 7) is 1.05. The molecule has 1 aromatic heterocycles. The fourth-order valence-electron chi connectivity index (χ4n) is 2.64. The van der Waals surface area contributed by atoms with Crippen LogP contribution in [0.1, 0.15) is 18.5 Å². The maximum Gasteiger partial charge on any atom is 0.167 e. The molecule has 122 valence electrons. The lowest BCUT2D eigenvalue weighted by molar-refractivity contribution is 0.171. The summed E-state index contributed by atoms with van der Waals surface area (Å²) in [7, 11) is -3.12. The molecule has 1 saturated carbocycles. The molecular weight excluding hydrogens is 318 g/mol. The lowest BCUT2D eigenvalue weighted by Gasteiger charge is -2.18. The van der Waals surface area contributed by atoms with E-state index >= 15 is 0 Å². The quantitative estimate of drug-likeness (QED) is 0.835. The van der Waals surface area contributed by atoms with E-state index in [1.807, 2.05) is 18.2 Å². The molecule has 2 aliphatic rings. The van der Waals surface area contributed by atoms with Crippen LogP contribution in [-0.2, 0) is 15.6 Å². The molecule has 4 rings (SSSR count). The van der Waals surface area contributed by atoms with Crippen molar-refractivity contribution in [3.05, 3.63) is 30.0 Å². The lowest BCUT2D eigenvalue weighted by atomic mass is 10.1. The normalized spacial score (nSPS) is 17.2. The second-order valence-electron chi connectivity index (χ2n) is 6.04. The molecule has 0 N–H and O–H groups in total. The third-order valence-electron chi connectivity index (χ3n) is 3.94. The zero-order valence-electron chi connectivity index (χ0n) is 12.5. The number of rotatable bonds is 5. The van der Waals surface area contributed by atoms with Crippen LogP contribution in [0.2, 0.25) is 0 Å². The van der Waals surface area contributed by atoms with Gasteiger partial charge in [-0.1, -0.05) is 5.16 Å². The molecule has 1 aromatic carbocycles. The standard InChI is InChI=1S/C16H17NO5S/c18-23(19,9-11-1-2-11)10-13-8-15(22-17-13)12-3-4-14-16(7-12)21-6-5-20-14/h3-4,7-8,11H,1-2,5-6,9-10H2. The van der Waals surface area contributed by atoms with Gasteiger partial charge in [-0.25, -0.2) is 8.42 Å². The molecule has 0 saturated heterocycles. The fourth-order valence-corrected chi connectivity index (χ4v) is 4.40. The molecular formula is C16H17NO5S. The molecule has 0 unspecified atom stereocenters. The number of aromatic nitrogens is 1. The molecule has 2 heterocycles. The van der Waals surface area contributed by atoms with Crippen molar-refractivity contribution in [1.82, 2.24) is 5.16 Å². The highest BCUT2D eigenvalue weighted by atomic mass is 32.2. The van der Waals surface area contributed by atoms with E-state index in [2.05, 4.69) is 5.16 Å². The molecule has 0 radical (unpaired) electrons. The Hall–Kier alpha value is -2.02. The maximum atomic E-state index is 12.1. The molecule has 0 atom stereocenters. The second-order valence-corrected chi connectivity index (χ2v) is 8.15. The first-order valence-electron chi connectivity index (χ1n) is 7.65. The molecule has 23 heavy (non-hydrogen) atoms. The summed E-state index contributed by atoms with van der Waals surface area (Å²) in [5.41, 5.74) is 1.23. The first-order chi connectivity index (χ1) is 11.1. The number of fused-ring (bicyclic) bond motifs is 1. The van der Waals surface area contributed by atoms with Gasteiger partial charge in [0.15, 0.2) is 27.1 Å². The van der Waals surface area contributed by atoms with Crippen molar-refractivity contribution in [2.45, 2.75) is 18.6 Å². The van der Waals surface area contributed by atoms with E-state index in [1.54, 1.807) is 6.07 Å². The zero-order chi connectivity index (χ0) is 15.9. The first-order valence-corrected chi connectivity index (χ1v) is 9.47. The Balaban J connectivity index is 1.53. The minimum Gasteiger partial charge on any atom is -0.486 e. The second kappa shape index (κ2) is 5.56. The van der Waals surface area contributed by atoms with Gasteiger partial charge < -0.3 is 14.0 Å². The van der Waals surface area contributed by atoms with Crippen molar-refractivity contribution in [2.24, 2.45) is 5.92 Å². The highest BCUT2D eigenvalue weighted by Crippen LogP contribution is 2.35. The molecule has 0 spiro atoms. The topological polar surface area (TPSA) is 78.6 Å². The Bertz CT molecular complexity index is 823. The third-order valence-corrected chi connectivity index (χ3v) is 5.65. The number of hydrogen-bond donors (Lipinski definition) is 0. The molecule has 7 heteroatoms. The largest absolute Gasteiger partial charge is 0.486 e. The van der Waals surface area contributed by atoms with E-state index in [0.29, 0.717) is 42.1 Å². The highest BCUT2D eigenvalue weighted by Gasteiger charge is 2.28. The molecule has 1 aliphatic heterocycles. The van der Waals surface area contributed by atoms with Gasteiger partial charge in [0.05, 0.1) is 17.2 Å². The Morgan fingerprint density at radius 2 is 1.87 bits per heavy atom. The summed E-state index contributed by atoms with van der Waals surface area (Å²) < 4.78 is 40.5. The van der Waals surface area contributed by atoms with Crippen LogP contribution in [-0.4, -0.2) is 32.5 Å². The van der Waals surface area contributed by atoms with E-state index < -0.39 is 9.84 Å². The highest BCUT2D eigenvalue weighted by molar-refractivity contribution is 7.90. The van der Waals surface area contributed by atoms with Crippen LogP contribution in [0.3, 0.4) is 0 Å². The minimum atomic E-state index is -3.12. The van der Waals surface area contributed by atoms with Gasteiger partial charge in [0.1, 0.15) is 13.2 Å². The number of sulfone groups is 1. The summed E-state index contributed by atoms with van der Waals surface area (Å²) in [4.78, 5) is 0. The Labute approximate surface area is 134 Å². The van der Waals surface area contributed by atoms with E-state index in [4.69, 9.17) is 14.0 Å². The summed E-state index contributed by atoms with van der Waals surface area (Å²) in [6.07, 6.45) is 2.03. The Morgan fingerprint density at radius 3 is 2.65 bits per heavy atom. The number of hydrogen-bond acceptors (Lipinski definition) is 6. The monoisotopic (exact) mass is 335 g/mol. The zero-order valence-corrected chi connectivity index (χ0v) is 13.3. The van der Waals surface area contributed by atoms with Crippen LogP contribution in [0.5, 0.6) is 11.5 Å². The SMILES string of the molecule is O=S(=O)(Cc1cc(-c2ccc3c(c2)OCCO3)on1)CC1CC1. The van der Waals surface area contributed by atoms with Crippen molar-refractivity contribution in [3.63, 3.8) is 0 Å². The van der Waals surface area contributed by atoms with Gasteiger partial charge in [0.25, 0.3) is 0 Å². The van der Waals surface area contributed by atoms with Gasteiger partial charge in [-0.2, -0.15) is 0 Å². The number of ether oxygens (including phenoxy) is 2. The van der Waals surface area contributed by atoms with Crippen LogP contribution in [0.4, 0.5) is 0 Å². The smallest absolute Gasteiger partial charge is 0.167 e. The van der Waals surface area contributed by atoms with Crippen LogP contribution in [0, 0.1) is 5.92 Å². The number of nitrogens with zero attached hydrogens (tertiary/aromatic N) is 1. The van der Waals surface area contributed by atoms with Crippen molar-refractivity contribution in [1.29, 1.82) is 0 Å². The van der Waals surface area contributed by atoms with Gasteiger partial charge in [-0.15, -0.1) is 0 Å². The first kappa shape index (κ1) is 14.6. The van der Waals surface area contributed by atoms with Gasteiger partial charge in [0, 0.05) is 11.6 Å². The molecule has 0 bridgehead atoms. The summed E-state index contributed by atoms with van der Waals surface area (Å²) in [6, 6.07) is 7.15. The van der Waals surface area contributed by atoms with Gasteiger partial charge in [-0.05, 0) is 37.0 Å². The molecule has 1 aliphatic carbocycles.